The number of nitrogens with zero attached hydrogens (tertiary/aromatic N) is 1. The summed E-state index contributed by atoms with van der Waals surface area (Å²) in [6.07, 6.45) is 0. The lowest BCUT2D eigenvalue weighted by atomic mass is 10.2. The van der Waals surface area contributed by atoms with E-state index >= 15 is 0 Å². The quantitative estimate of drug-likeness (QED) is 0.874. The molecule has 2 rings (SSSR count). The molecular weight excluding hydrogens is 286 g/mol. The van der Waals surface area contributed by atoms with Gasteiger partial charge in [-0.1, -0.05) is 0 Å². The topological polar surface area (TPSA) is 38.9 Å². The van der Waals surface area contributed by atoms with Gasteiger partial charge in [-0.25, -0.2) is 13.8 Å². The Morgan fingerprint density at radius 3 is 2.67 bits per heavy atom. The summed E-state index contributed by atoms with van der Waals surface area (Å²) in [5.74, 6) is -0.743. The van der Waals surface area contributed by atoms with Gasteiger partial charge in [0.05, 0.1) is 0 Å². The number of nitrogens with two attached hydrogens (primary N) is 1. The zero-order valence-corrected chi connectivity index (χ0v) is 9.70. The molecule has 1 aromatic heterocycles. The van der Waals surface area contributed by atoms with Crippen molar-refractivity contribution in [2.45, 2.75) is 0 Å². The highest BCUT2D eigenvalue weighted by Crippen LogP contribution is 2.34. The second kappa shape index (κ2) is 3.86. The van der Waals surface area contributed by atoms with Crippen molar-refractivity contribution in [3.8, 4) is 10.6 Å². The molecule has 1 heterocycles. The highest BCUT2D eigenvalue weighted by atomic mass is 79.9. The maximum atomic E-state index is 13.3. The van der Waals surface area contributed by atoms with Crippen LogP contribution in [-0.4, -0.2) is 4.98 Å². The fourth-order valence-corrected chi connectivity index (χ4v) is 2.37. The van der Waals surface area contributed by atoms with Crippen molar-refractivity contribution in [3.05, 3.63) is 33.6 Å². The van der Waals surface area contributed by atoms with Crippen LogP contribution in [0, 0.1) is 11.6 Å². The lowest BCUT2D eigenvalue weighted by Crippen LogP contribution is -1.88. The minimum absolute atomic E-state index is 0.123. The molecule has 0 fully saturated rings. The summed E-state index contributed by atoms with van der Waals surface area (Å²) >= 11 is 4.34. The lowest BCUT2D eigenvalue weighted by molar-refractivity contribution is 0.603. The van der Waals surface area contributed by atoms with Gasteiger partial charge in [-0.3, -0.25) is 0 Å². The predicted octanol–water partition coefficient (Wildman–Crippen LogP) is 3.43. The third kappa shape index (κ3) is 2.00. The molecule has 0 aliphatic carbocycles. The molecule has 2 aromatic rings. The molecule has 2 nitrogen and oxygen atoms in total. The predicted molar refractivity (Wildman–Crippen MR) is 59.6 cm³/mol. The Kier molecular flexibility index (Phi) is 2.70. The summed E-state index contributed by atoms with van der Waals surface area (Å²) in [6, 6.07) is 3.22. The number of aromatic nitrogens is 1. The highest BCUT2D eigenvalue weighted by molar-refractivity contribution is 9.11. The molecule has 0 bridgehead atoms. The maximum Gasteiger partial charge on any atom is 0.149 e. The number of hydrogen-bond acceptors (Lipinski definition) is 3. The van der Waals surface area contributed by atoms with Crippen LogP contribution in [0.25, 0.3) is 10.6 Å². The molecular formula is C9H5BrF2N2S. The molecule has 0 aliphatic rings. The van der Waals surface area contributed by atoms with Crippen molar-refractivity contribution in [3.63, 3.8) is 0 Å². The van der Waals surface area contributed by atoms with Gasteiger partial charge in [0.25, 0.3) is 0 Å². The van der Waals surface area contributed by atoms with E-state index in [-0.39, 0.29) is 11.4 Å². The molecule has 0 amide bonds. The molecule has 15 heavy (non-hydrogen) atoms. The first-order valence-electron chi connectivity index (χ1n) is 3.95. The molecule has 0 aliphatic heterocycles. The van der Waals surface area contributed by atoms with E-state index < -0.39 is 11.6 Å². The average molecular weight is 291 g/mol. The summed E-state index contributed by atoms with van der Waals surface area (Å²) < 4.78 is 26.9. The lowest BCUT2D eigenvalue weighted by Gasteiger charge is -1.98. The second-order valence-electron chi connectivity index (χ2n) is 2.80. The van der Waals surface area contributed by atoms with E-state index in [0.717, 1.165) is 29.5 Å². The molecule has 2 N–H and O–H groups in total. The van der Waals surface area contributed by atoms with Gasteiger partial charge in [0.1, 0.15) is 26.2 Å². The fourth-order valence-electron chi connectivity index (χ4n) is 1.09. The van der Waals surface area contributed by atoms with Crippen molar-refractivity contribution in [2.75, 3.05) is 5.73 Å². The normalized spacial score (nSPS) is 10.6. The summed E-state index contributed by atoms with van der Waals surface area (Å²) in [7, 11) is 0. The Bertz CT molecular complexity index is 493. The van der Waals surface area contributed by atoms with Crippen molar-refractivity contribution < 1.29 is 8.78 Å². The van der Waals surface area contributed by atoms with Crippen LogP contribution < -0.4 is 5.73 Å². The molecule has 0 spiro atoms. The van der Waals surface area contributed by atoms with Crippen LogP contribution in [-0.2, 0) is 0 Å². The number of halogens is 3. The average Bonchev–Trinajstić information content (AvgIpc) is 2.51. The number of hydrogen-bond donors (Lipinski definition) is 1. The first-order valence-corrected chi connectivity index (χ1v) is 5.56. The Hall–Kier alpha value is -1.01. The smallest absolute Gasteiger partial charge is 0.149 e. The number of anilines is 1. The molecule has 0 saturated carbocycles. The second-order valence-corrected chi connectivity index (χ2v) is 5.12. The van der Waals surface area contributed by atoms with Crippen molar-refractivity contribution in [1.29, 1.82) is 0 Å². The van der Waals surface area contributed by atoms with E-state index in [1.54, 1.807) is 0 Å². The van der Waals surface area contributed by atoms with Crippen LogP contribution in [0.2, 0.25) is 0 Å². The van der Waals surface area contributed by atoms with Crippen LogP contribution in [0.3, 0.4) is 0 Å². The minimum Gasteiger partial charge on any atom is -0.382 e. The van der Waals surface area contributed by atoms with E-state index in [1.165, 1.54) is 0 Å². The van der Waals surface area contributed by atoms with Crippen LogP contribution in [0.4, 0.5) is 14.6 Å². The van der Waals surface area contributed by atoms with Crippen LogP contribution in [0.15, 0.2) is 22.0 Å². The van der Waals surface area contributed by atoms with Gasteiger partial charge in [-0.2, -0.15) is 0 Å². The van der Waals surface area contributed by atoms with Gasteiger partial charge in [-0.15, -0.1) is 11.3 Å². The van der Waals surface area contributed by atoms with E-state index in [4.69, 9.17) is 5.73 Å². The molecule has 0 unspecified atom stereocenters. The summed E-state index contributed by atoms with van der Waals surface area (Å²) in [4.78, 5) is 3.93. The summed E-state index contributed by atoms with van der Waals surface area (Å²) in [5.41, 5.74) is 5.62. The Morgan fingerprint density at radius 2 is 2.07 bits per heavy atom. The zero-order valence-electron chi connectivity index (χ0n) is 7.30. The summed E-state index contributed by atoms with van der Waals surface area (Å²) in [5, 5.41) is 0.358. The third-order valence-corrected chi connectivity index (χ3v) is 3.55. The molecule has 6 heteroatoms. The molecule has 78 valence electrons. The maximum absolute atomic E-state index is 13.3. The molecule has 0 saturated heterocycles. The number of rotatable bonds is 1. The van der Waals surface area contributed by atoms with Gasteiger partial charge >= 0.3 is 0 Å². The standard InChI is InChI=1S/C9H5BrF2N2S/c10-7-8(13)14-9(15-7)5-3-4(11)1-2-6(5)12/h1-3H,13H2. The minimum atomic E-state index is -0.516. The van der Waals surface area contributed by atoms with Crippen LogP contribution in [0.5, 0.6) is 0 Å². The van der Waals surface area contributed by atoms with E-state index in [1.807, 2.05) is 0 Å². The van der Waals surface area contributed by atoms with Crippen LogP contribution >= 0.6 is 27.3 Å². The van der Waals surface area contributed by atoms with E-state index in [0.29, 0.717) is 8.79 Å². The SMILES string of the molecule is Nc1nc(-c2cc(F)ccc2F)sc1Br. The van der Waals surface area contributed by atoms with Gasteiger partial charge in [0.15, 0.2) is 0 Å². The monoisotopic (exact) mass is 290 g/mol. The summed E-state index contributed by atoms with van der Waals surface area (Å²) in [6.45, 7) is 0. The van der Waals surface area contributed by atoms with Crippen molar-refractivity contribution in [2.24, 2.45) is 0 Å². The van der Waals surface area contributed by atoms with E-state index in [9.17, 15) is 8.78 Å². The Labute approximate surface area is 96.9 Å². The Balaban J connectivity index is 2.58. The number of nitrogen functional groups attached to an aromatic ring is 1. The first kappa shape index (κ1) is 10.5. The Morgan fingerprint density at radius 1 is 1.33 bits per heavy atom. The van der Waals surface area contributed by atoms with Crippen molar-refractivity contribution >= 4 is 33.1 Å². The fraction of sp³-hybridized carbons (Fsp3) is 0. The van der Waals surface area contributed by atoms with Gasteiger partial charge < -0.3 is 5.73 Å². The number of thiazole rings is 1. The largest absolute Gasteiger partial charge is 0.382 e. The van der Waals surface area contributed by atoms with Gasteiger partial charge in [-0.05, 0) is 34.1 Å². The van der Waals surface area contributed by atoms with Gasteiger partial charge in [0.2, 0.25) is 0 Å². The van der Waals surface area contributed by atoms with Gasteiger partial charge in [0, 0.05) is 5.56 Å². The first-order chi connectivity index (χ1) is 7.08. The molecule has 0 atom stereocenters. The third-order valence-electron chi connectivity index (χ3n) is 1.77. The molecule has 0 radical (unpaired) electrons. The highest BCUT2D eigenvalue weighted by Gasteiger charge is 2.12. The van der Waals surface area contributed by atoms with E-state index in [2.05, 4.69) is 20.9 Å². The van der Waals surface area contributed by atoms with Crippen molar-refractivity contribution in [1.82, 2.24) is 4.98 Å². The van der Waals surface area contributed by atoms with Crippen LogP contribution in [0.1, 0.15) is 0 Å². The number of benzene rings is 1. The zero-order chi connectivity index (χ0) is 11.0. The molecule has 1 aromatic carbocycles.